The second kappa shape index (κ2) is 13.1. The minimum absolute atomic E-state index is 0.252. The predicted molar refractivity (Wildman–Crippen MR) is 134 cm³/mol. The Balaban J connectivity index is 0.000000905. The van der Waals surface area contributed by atoms with E-state index in [2.05, 4.69) is 25.8 Å². The van der Waals surface area contributed by atoms with Crippen LogP contribution in [0.3, 0.4) is 0 Å². The summed E-state index contributed by atoms with van der Waals surface area (Å²) in [7, 11) is -3.95. The van der Waals surface area contributed by atoms with Crippen molar-refractivity contribution >= 4 is 49.5 Å². The van der Waals surface area contributed by atoms with Gasteiger partial charge in [0.15, 0.2) is 12.1 Å². The number of guanidine groups is 1. The number of carbonyl (C=O) groups is 2. The first-order chi connectivity index (χ1) is 17.4. The van der Waals surface area contributed by atoms with Gasteiger partial charge in [0.25, 0.3) is 5.56 Å². The number of carbonyl (C=O) groups excluding carboxylic acids is 1. The Hall–Kier alpha value is -3.80. The van der Waals surface area contributed by atoms with E-state index >= 15 is 0 Å². The summed E-state index contributed by atoms with van der Waals surface area (Å²) < 4.78 is 60.9. The summed E-state index contributed by atoms with van der Waals surface area (Å²) in [6.07, 6.45) is -6.11. The average Bonchev–Trinajstić information content (AvgIpc) is 2.77. The predicted octanol–water partition coefficient (Wildman–Crippen LogP) is 1.11. The molecule has 0 bridgehead atoms. The zero-order valence-corrected chi connectivity index (χ0v) is 22.2. The van der Waals surface area contributed by atoms with Gasteiger partial charge in [-0.25, -0.2) is 13.2 Å². The van der Waals surface area contributed by atoms with Gasteiger partial charge in [0.2, 0.25) is 21.9 Å². The lowest BCUT2D eigenvalue weighted by Crippen LogP contribution is -2.42. The Morgan fingerprint density at radius 1 is 1.18 bits per heavy atom. The van der Waals surface area contributed by atoms with Crippen LogP contribution >= 0.6 is 15.9 Å². The molecule has 0 fully saturated rings. The van der Waals surface area contributed by atoms with Gasteiger partial charge in [0, 0.05) is 10.2 Å². The van der Waals surface area contributed by atoms with Gasteiger partial charge in [-0.05, 0) is 42.8 Å². The smallest absolute Gasteiger partial charge is 0.475 e. The summed E-state index contributed by atoms with van der Waals surface area (Å²) in [5.74, 6) is -4.40. The molecule has 13 nitrogen and oxygen atoms in total. The fourth-order valence-electron chi connectivity index (χ4n) is 2.86. The molecular formula is C20H24BrF3N6O7S. The first-order valence-electron chi connectivity index (χ1n) is 10.2. The van der Waals surface area contributed by atoms with E-state index in [-0.39, 0.29) is 17.4 Å². The minimum Gasteiger partial charge on any atom is -0.475 e. The van der Waals surface area contributed by atoms with Crippen LogP contribution < -0.4 is 27.5 Å². The number of nitrogens with two attached hydrogens (primary N) is 3. The van der Waals surface area contributed by atoms with Crippen LogP contribution in [0.4, 0.5) is 18.9 Å². The Morgan fingerprint density at radius 2 is 1.74 bits per heavy atom. The number of carboxylic acid groups (broad SMARTS) is 1. The maximum absolute atomic E-state index is 13.1. The highest BCUT2D eigenvalue weighted by molar-refractivity contribution is 9.10. The zero-order valence-electron chi connectivity index (χ0n) is 19.8. The van der Waals surface area contributed by atoms with Gasteiger partial charge in [0.05, 0.1) is 5.75 Å². The van der Waals surface area contributed by atoms with Gasteiger partial charge in [-0.3, -0.25) is 18.9 Å². The number of primary amides is 1. The van der Waals surface area contributed by atoms with Gasteiger partial charge < -0.3 is 27.1 Å². The van der Waals surface area contributed by atoms with E-state index in [9.17, 15) is 31.2 Å². The van der Waals surface area contributed by atoms with Crippen LogP contribution in [0.25, 0.3) is 0 Å². The normalized spacial score (nSPS) is 12.8. The Morgan fingerprint density at radius 3 is 2.21 bits per heavy atom. The number of nitrogens with one attached hydrogen (secondary N) is 1. The molecule has 1 heterocycles. The SMILES string of the molecule is Cc1ccc(NS(=O)(=O)Cc2ccccc2Br)c(=O)n1C(C(N)=O)C(C)ON=C(N)N.O=C(O)C(F)(F)F. The minimum atomic E-state index is -5.08. The fraction of sp³-hybridized carbons (Fsp3) is 0.300. The van der Waals surface area contributed by atoms with Crippen LogP contribution in [0.1, 0.15) is 24.2 Å². The number of aryl methyl sites for hydroxylation is 1. The maximum Gasteiger partial charge on any atom is 0.490 e. The largest absolute Gasteiger partial charge is 0.490 e. The highest BCUT2D eigenvalue weighted by Crippen LogP contribution is 2.21. The summed E-state index contributed by atoms with van der Waals surface area (Å²) in [5.41, 5.74) is 15.7. The maximum atomic E-state index is 13.1. The third-order valence-corrected chi connectivity index (χ3v) is 6.47. The quantitative estimate of drug-likeness (QED) is 0.152. The lowest BCUT2D eigenvalue weighted by atomic mass is 10.1. The molecule has 2 aromatic rings. The molecule has 1 aromatic carbocycles. The number of pyridine rings is 1. The van der Waals surface area contributed by atoms with E-state index in [0.717, 1.165) is 4.57 Å². The van der Waals surface area contributed by atoms with Crippen molar-refractivity contribution in [1.82, 2.24) is 4.57 Å². The summed E-state index contributed by atoms with van der Waals surface area (Å²) in [6, 6.07) is 8.28. The van der Waals surface area contributed by atoms with Crippen molar-refractivity contribution in [3.05, 3.63) is 62.5 Å². The number of anilines is 1. The standard InChI is InChI=1S/C18H23BrN6O5S.C2HF3O2/c1-10-7-8-14(24-31(28,29)9-12-5-3-4-6-13(12)19)17(27)25(10)15(16(20)26)11(2)30-23-18(21)22;3-2(4,5)1(6)7/h3-8,11,15,24H,9H2,1-2H3,(H2,20,26)(H4,21,22,23);(H,6,7). The Labute approximate surface area is 222 Å². The third kappa shape index (κ3) is 9.58. The van der Waals surface area contributed by atoms with Crippen molar-refractivity contribution in [1.29, 1.82) is 0 Å². The van der Waals surface area contributed by atoms with Crippen molar-refractivity contribution in [3.8, 4) is 0 Å². The van der Waals surface area contributed by atoms with Gasteiger partial charge in [-0.1, -0.05) is 34.1 Å². The lowest BCUT2D eigenvalue weighted by molar-refractivity contribution is -0.192. The number of hydrogen-bond donors (Lipinski definition) is 5. The third-order valence-electron chi connectivity index (χ3n) is 4.47. The van der Waals surface area contributed by atoms with Gasteiger partial charge in [0.1, 0.15) is 5.69 Å². The van der Waals surface area contributed by atoms with E-state index in [4.69, 9.17) is 31.9 Å². The van der Waals surface area contributed by atoms with Gasteiger partial charge in [-0.15, -0.1) is 0 Å². The summed E-state index contributed by atoms with van der Waals surface area (Å²) in [5, 5.41) is 10.5. The van der Waals surface area contributed by atoms with Crippen molar-refractivity contribution < 1.29 is 41.1 Å². The second-order valence-electron chi connectivity index (χ2n) is 7.49. The molecule has 1 amide bonds. The zero-order chi connectivity index (χ0) is 29.4. The molecule has 8 N–H and O–H groups in total. The molecular weight excluding hydrogens is 605 g/mol. The molecule has 0 saturated carbocycles. The second-order valence-corrected chi connectivity index (χ2v) is 10.1. The molecule has 18 heteroatoms. The monoisotopic (exact) mass is 628 g/mol. The van der Waals surface area contributed by atoms with E-state index in [1.807, 2.05) is 0 Å². The molecule has 0 spiro atoms. The van der Waals surface area contributed by atoms with Crippen LogP contribution in [-0.4, -0.2) is 48.2 Å². The molecule has 0 aliphatic heterocycles. The number of oxime groups is 1. The summed E-state index contributed by atoms with van der Waals surface area (Å²) in [4.78, 5) is 39.1. The number of hydrogen-bond acceptors (Lipinski definition) is 7. The van der Waals surface area contributed by atoms with E-state index in [1.54, 1.807) is 31.2 Å². The number of sulfonamides is 1. The van der Waals surface area contributed by atoms with Crippen LogP contribution in [-0.2, 0) is 30.2 Å². The van der Waals surface area contributed by atoms with Gasteiger partial charge >= 0.3 is 12.1 Å². The van der Waals surface area contributed by atoms with E-state index in [1.165, 1.54) is 19.1 Å². The molecule has 0 aliphatic rings. The van der Waals surface area contributed by atoms with Crippen molar-refractivity contribution in [2.45, 2.75) is 37.9 Å². The van der Waals surface area contributed by atoms with Crippen LogP contribution in [0.15, 0.2) is 50.8 Å². The molecule has 2 unspecified atom stereocenters. The van der Waals surface area contributed by atoms with E-state index in [0.29, 0.717) is 15.7 Å². The number of nitrogens with zero attached hydrogens (tertiary/aromatic N) is 2. The molecule has 0 radical (unpaired) electrons. The Bertz CT molecular complexity index is 1360. The summed E-state index contributed by atoms with van der Waals surface area (Å²) >= 11 is 3.29. The van der Waals surface area contributed by atoms with Crippen LogP contribution in [0, 0.1) is 6.92 Å². The van der Waals surface area contributed by atoms with Crippen LogP contribution in [0.5, 0.6) is 0 Å². The molecule has 2 rings (SSSR count). The fourth-order valence-corrected chi connectivity index (χ4v) is 4.70. The highest BCUT2D eigenvalue weighted by Gasteiger charge is 2.38. The highest BCUT2D eigenvalue weighted by atomic mass is 79.9. The van der Waals surface area contributed by atoms with Crippen LogP contribution in [0.2, 0.25) is 0 Å². The number of benzene rings is 1. The lowest BCUT2D eigenvalue weighted by Gasteiger charge is -2.24. The molecule has 210 valence electrons. The number of aromatic nitrogens is 1. The first kappa shape index (κ1) is 32.2. The van der Waals surface area contributed by atoms with Gasteiger partial charge in [-0.2, -0.15) is 13.2 Å². The van der Waals surface area contributed by atoms with E-state index < -0.39 is 45.8 Å². The molecule has 38 heavy (non-hydrogen) atoms. The first-order valence-corrected chi connectivity index (χ1v) is 12.6. The summed E-state index contributed by atoms with van der Waals surface area (Å²) in [6.45, 7) is 3.00. The van der Waals surface area contributed by atoms with Crippen molar-refractivity contribution in [2.75, 3.05) is 4.72 Å². The van der Waals surface area contributed by atoms with Crippen molar-refractivity contribution in [2.24, 2.45) is 22.4 Å². The number of alkyl halides is 3. The topological polar surface area (TPSA) is 222 Å². The number of amides is 1. The average molecular weight is 629 g/mol. The number of carboxylic acids is 1. The molecule has 1 aromatic heterocycles. The number of aliphatic carboxylic acids is 1. The Kier molecular flexibility index (Phi) is 11.1. The molecule has 2 atom stereocenters. The number of halogens is 4. The van der Waals surface area contributed by atoms with Crippen molar-refractivity contribution in [3.63, 3.8) is 0 Å². The molecule has 0 saturated heterocycles. The number of rotatable bonds is 9. The molecule has 0 aliphatic carbocycles.